The number of hydrogen-bond donors (Lipinski definition) is 2. The predicted octanol–water partition coefficient (Wildman–Crippen LogP) is 4.27. The van der Waals surface area contributed by atoms with Gasteiger partial charge in [0.2, 0.25) is 0 Å². The molecule has 0 saturated heterocycles. The van der Waals surface area contributed by atoms with Crippen LogP contribution in [-0.2, 0) is 6.54 Å². The predicted molar refractivity (Wildman–Crippen MR) is 102 cm³/mol. The van der Waals surface area contributed by atoms with Crippen LogP contribution in [0.15, 0.2) is 66.7 Å². The van der Waals surface area contributed by atoms with Crippen molar-refractivity contribution in [3.05, 3.63) is 88.0 Å². The van der Waals surface area contributed by atoms with Gasteiger partial charge in [0, 0.05) is 23.9 Å². The Balaban J connectivity index is 1.72. The smallest absolute Gasteiger partial charge is 0.294 e. The maximum Gasteiger partial charge on any atom is 0.294 e. The van der Waals surface area contributed by atoms with Crippen molar-refractivity contribution in [1.29, 1.82) is 0 Å². The molecule has 3 aromatic carbocycles. The average molecular weight is 347 g/mol. The maximum absolute atomic E-state index is 11.1. The number of nitro groups is 1. The van der Waals surface area contributed by atoms with Crippen LogP contribution in [0.5, 0.6) is 0 Å². The van der Waals surface area contributed by atoms with E-state index in [2.05, 4.69) is 5.32 Å². The molecule has 0 amide bonds. The highest BCUT2D eigenvalue weighted by molar-refractivity contribution is 5.77. The topological polar surface area (TPSA) is 98.3 Å². The highest BCUT2D eigenvalue weighted by Gasteiger charge is 2.13. The standard InChI is InChI=1S/C20H17N3O3/c21-18-9-10-19(20(11-18)23(25)26)22-12-14-1-5-16(6-2-14)17-7-3-15(13-24)4-8-17/h1-11,13,22H,12,21H2. The molecule has 3 aromatic rings. The van der Waals surface area contributed by atoms with Crippen molar-refractivity contribution >= 4 is 23.3 Å². The first kappa shape index (κ1) is 17.2. The molecule has 3 N–H and O–H groups in total. The van der Waals surface area contributed by atoms with Crippen LogP contribution in [0.25, 0.3) is 11.1 Å². The lowest BCUT2D eigenvalue weighted by Crippen LogP contribution is -2.03. The van der Waals surface area contributed by atoms with E-state index in [9.17, 15) is 14.9 Å². The second-order valence-electron chi connectivity index (χ2n) is 5.82. The first-order chi connectivity index (χ1) is 12.6. The summed E-state index contributed by atoms with van der Waals surface area (Å²) in [7, 11) is 0. The van der Waals surface area contributed by atoms with E-state index in [-0.39, 0.29) is 5.69 Å². The van der Waals surface area contributed by atoms with Crippen LogP contribution in [0, 0.1) is 10.1 Å². The van der Waals surface area contributed by atoms with Crippen LogP contribution in [-0.4, -0.2) is 11.2 Å². The number of anilines is 2. The summed E-state index contributed by atoms with van der Waals surface area (Å²) < 4.78 is 0. The lowest BCUT2D eigenvalue weighted by molar-refractivity contribution is -0.383. The first-order valence-electron chi connectivity index (χ1n) is 7.99. The maximum atomic E-state index is 11.1. The number of carbonyl (C=O) groups excluding carboxylic acids is 1. The third kappa shape index (κ3) is 3.87. The number of carbonyl (C=O) groups is 1. The Labute approximate surface area is 150 Å². The zero-order valence-electron chi connectivity index (χ0n) is 13.9. The minimum atomic E-state index is -0.454. The van der Waals surface area contributed by atoms with E-state index in [0.717, 1.165) is 23.0 Å². The molecule has 0 unspecified atom stereocenters. The normalized spacial score (nSPS) is 10.3. The van der Waals surface area contributed by atoms with Crippen LogP contribution in [0.4, 0.5) is 17.1 Å². The van der Waals surface area contributed by atoms with E-state index in [4.69, 9.17) is 5.73 Å². The zero-order chi connectivity index (χ0) is 18.5. The summed E-state index contributed by atoms with van der Waals surface area (Å²) in [5, 5.41) is 14.2. The van der Waals surface area contributed by atoms with Crippen molar-refractivity contribution < 1.29 is 9.72 Å². The molecule has 0 aliphatic rings. The minimum Gasteiger partial charge on any atom is -0.399 e. The lowest BCUT2D eigenvalue weighted by Gasteiger charge is -2.09. The van der Waals surface area contributed by atoms with Crippen molar-refractivity contribution in [3.8, 4) is 11.1 Å². The number of hydrogen-bond acceptors (Lipinski definition) is 5. The summed E-state index contributed by atoms with van der Waals surface area (Å²) in [6, 6.07) is 19.8. The summed E-state index contributed by atoms with van der Waals surface area (Å²) in [4.78, 5) is 21.4. The molecule has 130 valence electrons. The fourth-order valence-corrected chi connectivity index (χ4v) is 2.62. The molecule has 0 aromatic heterocycles. The zero-order valence-corrected chi connectivity index (χ0v) is 13.9. The molecular formula is C20H17N3O3. The highest BCUT2D eigenvalue weighted by atomic mass is 16.6. The van der Waals surface area contributed by atoms with Gasteiger partial charge in [0.15, 0.2) is 0 Å². The molecule has 0 aliphatic heterocycles. The Morgan fingerprint density at radius 1 is 0.962 bits per heavy atom. The third-order valence-corrected chi connectivity index (χ3v) is 4.04. The fraction of sp³-hybridized carbons (Fsp3) is 0.0500. The molecule has 26 heavy (non-hydrogen) atoms. The number of nitrogens with zero attached hydrogens (tertiary/aromatic N) is 1. The Hall–Kier alpha value is -3.67. The van der Waals surface area contributed by atoms with Crippen LogP contribution in [0.1, 0.15) is 15.9 Å². The van der Waals surface area contributed by atoms with E-state index < -0.39 is 4.92 Å². The number of aldehydes is 1. The second-order valence-corrected chi connectivity index (χ2v) is 5.82. The van der Waals surface area contributed by atoms with Crippen molar-refractivity contribution in [1.82, 2.24) is 0 Å². The summed E-state index contributed by atoms with van der Waals surface area (Å²) >= 11 is 0. The molecule has 0 fully saturated rings. The summed E-state index contributed by atoms with van der Waals surface area (Å²) in [6.45, 7) is 0.453. The highest BCUT2D eigenvalue weighted by Crippen LogP contribution is 2.27. The van der Waals surface area contributed by atoms with Gasteiger partial charge in [-0.15, -0.1) is 0 Å². The van der Waals surface area contributed by atoms with Gasteiger partial charge in [-0.25, -0.2) is 0 Å². The summed E-state index contributed by atoms with van der Waals surface area (Å²) in [5.74, 6) is 0. The van der Waals surface area contributed by atoms with Crippen molar-refractivity contribution in [3.63, 3.8) is 0 Å². The van der Waals surface area contributed by atoms with Crippen LogP contribution >= 0.6 is 0 Å². The quantitative estimate of drug-likeness (QED) is 0.300. The van der Waals surface area contributed by atoms with Crippen LogP contribution in [0.2, 0.25) is 0 Å². The summed E-state index contributed by atoms with van der Waals surface area (Å²) in [5.41, 5.74) is 10.0. The molecule has 0 heterocycles. The van der Waals surface area contributed by atoms with Gasteiger partial charge < -0.3 is 11.1 Å². The monoisotopic (exact) mass is 347 g/mol. The second kappa shape index (κ2) is 7.48. The van der Waals surface area contributed by atoms with E-state index in [1.807, 2.05) is 36.4 Å². The van der Waals surface area contributed by atoms with Gasteiger partial charge in [0.25, 0.3) is 5.69 Å². The van der Waals surface area contributed by atoms with Crippen LogP contribution in [0.3, 0.4) is 0 Å². The van der Waals surface area contributed by atoms with Gasteiger partial charge in [-0.3, -0.25) is 14.9 Å². The van der Waals surface area contributed by atoms with Gasteiger partial charge >= 0.3 is 0 Å². The molecule has 3 rings (SSSR count). The number of nitrogens with two attached hydrogens (primary N) is 1. The lowest BCUT2D eigenvalue weighted by atomic mass is 10.0. The van der Waals surface area contributed by atoms with Crippen LogP contribution < -0.4 is 11.1 Å². The van der Waals surface area contributed by atoms with Gasteiger partial charge in [0.05, 0.1) is 4.92 Å². The number of nitrogen functional groups attached to an aromatic ring is 1. The van der Waals surface area contributed by atoms with Crippen molar-refractivity contribution in [2.75, 3.05) is 11.1 Å². The Morgan fingerprint density at radius 2 is 1.58 bits per heavy atom. The van der Waals surface area contributed by atoms with Gasteiger partial charge in [-0.2, -0.15) is 0 Å². The fourth-order valence-electron chi connectivity index (χ4n) is 2.62. The summed E-state index contributed by atoms with van der Waals surface area (Å²) in [6.07, 6.45) is 0.814. The molecule has 6 heteroatoms. The molecule has 0 spiro atoms. The number of nitrogens with one attached hydrogen (secondary N) is 1. The minimum absolute atomic E-state index is 0.0445. The number of rotatable bonds is 6. The Bertz CT molecular complexity index is 936. The molecule has 0 radical (unpaired) electrons. The first-order valence-corrected chi connectivity index (χ1v) is 7.99. The van der Waals surface area contributed by atoms with E-state index in [0.29, 0.717) is 23.5 Å². The van der Waals surface area contributed by atoms with E-state index in [1.54, 1.807) is 24.3 Å². The molecule has 0 atom stereocenters. The van der Waals surface area contributed by atoms with E-state index >= 15 is 0 Å². The number of benzene rings is 3. The average Bonchev–Trinajstić information content (AvgIpc) is 2.67. The molecule has 0 saturated carbocycles. The largest absolute Gasteiger partial charge is 0.399 e. The molecular weight excluding hydrogens is 330 g/mol. The molecule has 0 aliphatic carbocycles. The van der Waals surface area contributed by atoms with Crippen molar-refractivity contribution in [2.45, 2.75) is 6.54 Å². The molecule has 0 bridgehead atoms. The SMILES string of the molecule is Nc1ccc(NCc2ccc(-c3ccc(C=O)cc3)cc2)c([N+](=O)[O-])c1. The molecule has 6 nitrogen and oxygen atoms in total. The Morgan fingerprint density at radius 3 is 2.15 bits per heavy atom. The van der Waals surface area contributed by atoms with Gasteiger partial charge in [0.1, 0.15) is 12.0 Å². The number of nitro benzene ring substituents is 1. The third-order valence-electron chi connectivity index (χ3n) is 4.04. The van der Waals surface area contributed by atoms with Gasteiger partial charge in [-0.05, 0) is 28.8 Å². The Kier molecular flexibility index (Phi) is 4.94. The van der Waals surface area contributed by atoms with E-state index in [1.165, 1.54) is 6.07 Å². The van der Waals surface area contributed by atoms with Gasteiger partial charge in [-0.1, -0.05) is 48.5 Å². The van der Waals surface area contributed by atoms with Crippen molar-refractivity contribution in [2.24, 2.45) is 0 Å².